The zero-order valence-electron chi connectivity index (χ0n) is 22.2. The summed E-state index contributed by atoms with van der Waals surface area (Å²) >= 11 is 0. The van der Waals surface area contributed by atoms with Gasteiger partial charge >= 0.3 is 0 Å². The predicted molar refractivity (Wildman–Crippen MR) is 148 cm³/mol. The van der Waals surface area contributed by atoms with E-state index in [-0.39, 0.29) is 28.4 Å². The van der Waals surface area contributed by atoms with Crippen LogP contribution < -0.4 is 0 Å². The van der Waals surface area contributed by atoms with Crippen molar-refractivity contribution in [2.45, 2.75) is 68.4 Å². The summed E-state index contributed by atoms with van der Waals surface area (Å²) in [5, 5.41) is 0. The van der Waals surface area contributed by atoms with Crippen molar-refractivity contribution in [2.75, 3.05) is 19.6 Å². The van der Waals surface area contributed by atoms with Crippen molar-refractivity contribution in [1.82, 2.24) is 9.21 Å². The molecule has 0 radical (unpaired) electrons. The predicted octanol–water partition coefficient (Wildman–Crippen LogP) is 5.45. The largest absolute Gasteiger partial charge is 0.339 e. The van der Waals surface area contributed by atoms with Crippen LogP contribution in [0.1, 0.15) is 60.5 Å². The first kappa shape index (κ1) is 27.6. The molecule has 39 heavy (non-hydrogen) atoms. The highest BCUT2D eigenvalue weighted by Gasteiger charge is 2.44. The molecular formula is C30H35F2N3O3S. The lowest BCUT2D eigenvalue weighted by Gasteiger charge is -2.38. The molecule has 2 heterocycles. The highest BCUT2D eigenvalue weighted by molar-refractivity contribution is 7.89. The van der Waals surface area contributed by atoms with Crippen LogP contribution in [0.25, 0.3) is 0 Å². The Morgan fingerprint density at radius 3 is 2.46 bits per heavy atom. The van der Waals surface area contributed by atoms with E-state index >= 15 is 0 Å². The summed E-state index contributed by atoms with van der Waals surface area (Å²) in [6.45, 7) is 2.43. The minimum Gasteiger partial charge on any atom is -0.339 e. The zero-order valence-corrected chi connectivity index (χ0v) is 23.0. The van der Waals surface area contributed by atoms with Gasteiger partial charge in [0, 0.05) is 56.0 Å². The number of sulfonamides is 1. The van der Waals surface area contributed by atoms with Gasteiger partial charge in [-0.15, -0.1) is 0 Å². The molecule has 0 bridgehead atoms. The first-order chi connectivity index (χ1) is 18.6. The average Bonchev–Trinajstić information content (AvgIpc) is 3.77. The molecule has 2 fully saturated rings. The van der Waals surface area contributed by atoms with E-state index in [1.165, 1.54) is 22.5 Å². The number of hydrogen-bond acceptors (Lipinski definition) is 4. The molecule has 2 aromatic rings. The van der Waals surface area contributed by atoms with Gasteiger partial charge < -0.3 is 4.90 Å². The molecule has 9 heteroatoms. The smallest absolute Gasteiger partial charge is 0.270 e. The van der Waals surface area contributed by atoms with Crippen LogP contribution >= 0.6 is 0 Å². The van der Waals surface area contributed by atoms with Gasteiger partial charge in [0.05, 0.1) is 4.90 Å². The lowest BCUT2D eigenvalue weighted by atomic mass is 9.92. The van der Waals surface area contributed by atoms with Gasteiger partial charge in [-0.05, 0) is 74.3 Å². The van der Waals surface area contributed by atoms with Gasteiger partial charge in [-0.1, -0.05) is 36.4 Å². The molecular weight excluding hydrogens is 520 g/mol. The van der Waals surface area contributed by atoms with Crippen LogP contribution in [0.4, 0.5) is 8.78 Å². The second kappa shape index (κ2) is 11.3. The number of amides is 1. The number of carbonyl (C=O) groups excluding carboxylic acids is 1. The van der Waals surface area contributed by atoms with Crippen LogP contribution in [0.3, 0.4) is 0 Å². The van der Waals surface area contributed by atoms with Crippen LogP contribution in [0, 0.1) is 5.92 Å². The molecule has 1 amide bonds. The van der Waals surface area contributed by atoms with E-state index in [0.29, 0.717) is 37.4 Å². The van der Waals surface area contributed by atoms with Crippen LogP contribution in [-0.4, -0.2) is 61.5 Å². The Labute approximate surface area is 229 Å². The van der Waals surface area contributed by atoms with Crippen molar-refractivity contribution < 1.29 is 22.0 Å². The Morgan fingerprint density at radius 1 is 1.03 bits per heavy atom. The van der Waals surface area contributed by atoms with Crippen molar-refractivity contribution in [3.05, 3.63) is 77.4 Å². The number of alkyl halides is 2. The number of hydrogen-bond donors (Lipinski definition) is 0. The van der Waals surface area contributed by atoms with Crippen LogP contribution in [0.15, 0.2) is 70.6 Å². The number of allylic oxidation sites excluding steroid dienone is 2. The van der Waals surface area contributed by atoms with Crippen molar-refractivity contribution in [2.24, 2.45) is 10.9 Å². The topological polar surface area (TPSA) is 70.1 Å². The van der Waals surface area contributed by atoms with Gasteiger partial charge in [-0.2, -0.15) is 4.31 Å². The maximum atomic E-state index is 13.9. The highest BCUT2D eigenvalue weighted by atomic mass is 32.2. The molecule has 208 valence electrons. The number of carbonyl (C=O) groups is 1. The van der Waals surface area contributed by atoms with E-state index in [1.54, 1.807) is 0 Å². The number of aliphatic imine (C=N–C) groups is 1. The first-order valence-corrected chi connectivity index (χ1v) is 15.1. The van der Waals surface area contributed by atoms with Gasteiger partial charge in [-0.3, -0.25) is 9.79 Å². The number of rotatable bonds is 8. The van der Waals surface area contributed by atoms with Crippen molar-refractivity contribution in [1.29, 1.82) is 0 Å². The molecule has 1 saturated carbocycles. The Balaban J connectivity index is 1.29. The fraction of sp³-hybridized carbons (Fsp3) is 0.467. The number of nitrogens with zero attached hydrogens (tertiary/aromatic N) is 3. The molecule has 1 aliphatic carbocycles. The molecule has 1 unspecified atom stereocenters. The third-order valence-corrected chi connectivity index (χ3v) is 9.87. The summed E-state index contributed by atoms with van der Waals surface area (Å²) in [7, 11) is -3.96. The molecule has 3 aliphatic rings. The molecule has 0 aromatic heterocycles. The molecule has 0 N–H and O–H groups in total. The van der Waals surface area contributed by atoms with E-state index in [9.17, 15) is 22.0 Å². The SMILES string of the molecule is CC(F)(F)c1cccc(S(=O)(=O)N(C2CC2)C2CCN(C(=O)c3ccccc3CC3C=CC=NCC3)CC2)c1. The molecule has 1 atom stereocenters. The normalized spacial score (nSPS) is 20.8. The zero-order chi connectivity index (χ0) is 27.6. The van der Waals surface area contributed by atoms with Crippen LogP contribution in [0.5, 0.6) is 0 Å². The van der Waals surface area contributed by atoms with Gasteiger partial charge in [0.1, 0.15) is 0 Å². The Bertz CT molecular complexity index is 1360. The fourth-order valence-electron chi connectivity index (χ4n) is 5.60. The second-order valence-corrected chi connectivity index (χ2v) is 12.7. The Hall–Kier alpha value is -2.91. The number of halogens is 2. The van der Waals surface area contributed by atoms with Gasteiger partial charge in [-0.25, -0.2) is 17.2 Å². The summed E-state index contributed by atoms with van der Waals surface area (Å²) in [5.74, 6) is -2.84. The van der Waals surface area contributed by atoms with Crippen LogP contribution in [-0.2, 0) is 22.4 Å². The van der Waals surface area contributed by atoms with E-state index in [2.05, 4.69) is 11.1 Å². The third kappa shape index (κ3) is 6.30. The molecule has 2 aromatic carbocycles. The standard InChI is InChI=1S/C30H35F2N3O3S/c1-30(31,32)24-8-4-9-27(21-24)39(37,38)35(25-11-12-25)26-14-18-34(19-15-26)29(36)28-10-3-2-7-23(28)20-22-6-5-16-33-17-13-22/h2-10,16,21-22,25-26H,11-15,17-20H2,1H3. The quantitative estimate of drug-likeness (QED) is 0.435. The minimum atomic E-state index is -3.96. The van der Waals surface area contributed by atoms with Crippen molar-refractivity contribution in [3.63, 3.8) is 0 Å². The third-order valence-electron chi connectivity index (χ3n) is 7.87. The molecule has 5 rings (SSSR count). The van der Waals surface area contributed by atoms with Crippen LogP contribution in [0.2, 0.25) is 0 Å². The van der Waals surface area contributed by atoms with Gasteiger partial charge in [0.2, 0.25) is 10.0 Å². The Kier molecular flexibility index (Phi) is 8.01. The average molecular weight is 556 g/mol. The maximum Gasteiger partial charge on any atom is 0.270 e. The van der Waals surface area contributed by atoms with Gasteiger partial charge in [0.25, 0.3) is 11.8 Å². The fourth-order valence-corrected chi connectivity index (χ4v) is 7.58. The molecule has 6 nitrogen and oxygen atoms in total. The van der Waals surface area contributed by atoms with Crippen molar-refractivity contribution >= 4 is 22.1 Å². The first-order valence-electron chi connectivity index (χ1n) is 13.7. The summed E-state index contributed by atoms with van der Waals surface area (Å²) in [4.78, 5) is 19.6. The van der Waals surface area contributed by atoms with E-state index in [0.717, 1.165) is 50.8 Å². The summed E-state index contributed by atoms with van der Waals surface area (Å²) in [6.07, 6.45) is 10.2. The lowest BCUT2D eigenvalue weighted by Crippen LogP contribution is -2.49. The molecule has 0 spiro atoms. The number of benzene rings is 2. The minimum absolute atomic E-state index is 0.0309. The summed E-state index contributed by atoms with van der Waals surface area (Å²) in [6, 6.07) is 12.4. The van der Waals surface area contributed by atoms with E-state index in [4.69, 9.17) is 0 Å². The number of piperidine rings is 1. The summed E-state index contributed by atoms with van der Waals surface area (Å²) in [5.41, 5.74) is 1.39. The second-order valence-electron chi connectivity index (χ2n) is 10.9. The van der Waals surface area contributed by atoms with E-state index in [1.807, 2.05) is 41.5 Å². The lowest BCUT2D eigenvalue weighted by molar-refractivity contribution is 0.0172. The van der Waals surface area contributed by atoms with Gasteiger partial charge in [0.15, 0.2) is 0 Å². The van der Waals surface area contributed by atoms with E-state index < -0.39 is 15.9 Å². The Morgan fingerprint density at radius 2 is 1.74 bits per heavy atom. The monoisotopic (exact) mass is 555 g/mol. The van der Waals surface area contributed by atoms with Crippen molar-refractivity contribution in [3.8, 4) is 0 Å². The number of likely N-dealkylation sites (tertiary alicyclic amines) is 1. The molecule has 2 aliphatic heterocycles. The maximum absolute atomic E-state index is 13.9. The summed E-state index contributed by atoms with van der Waals surface area (Å²) < 4.78 is 56.7. The highest BCUT2D eigenvalue weighted by Crippen LogP contribution is 2.38. The molecule has 1 saturated heterocycles.